The molecule has 10 aromatic carbocycles. The normalized spacial score (nSPS) is 16.5. The Morgan fingerprint density at radius 2 is 0.647 bits per heavy atom. The van der Waals surface area contributed by atoms with Crippen LogP contribution in [0.1, 0.15) is 99.7 Å². The lowest BCUT2D eigenvalue weighted by molar-refractivity contribution is -0.257. The fourth-order valence-corrected chi connectivity index (χ4v) is 16.0. The van der Waals surface area contributed by atoms with E-state index in [1.807, 2.05) is 143 Å². The fraction of sp³-hybridized carbons (Fsp3) is 0.312. The number of rotatable bonds is 19. The molecule has 10 aromatic rings. The molecule has 6 aliphatic rings. The van der Waals surface area contributed by atoms with Crippen LogP contribution in [0.4, 0.5) is 0 Å². The zero-order valence-corrected chi connectivity index (χ0v) is 71.8. The van der Waals surface area contributed by atoms with Crippen LogP contribution in [-0.2, 0) is 37.9 Å². The molecule has 119 heavy (non-hydrogen) atoms. The number of nitriles is 1. The molecule has 0 amide bonds. The third kappa shape index (κ3) is 30.0. The maximum absolute atomic E-state index is 11.2. The molecular weight excluding hydrogens is 1550 g/mol. The highest BCUT2D eigenvalue weighted by atomic mass is 35.5. The maximum atomic E-state index is 11.2. The van der Waals surface area contributed by atoms with Crippen molar-refractivity contribution in [3.05, 3.63) is 370 Å². The average Bonchev–Trinajstić information content (AvgIpc) is 0.763. The molecular formula is C96H111ClN8O12Si2. The molecule has 0 unspecified atom stereocenters. The summed E-state index contributed by atoms with van der Waals surface area (Å²) in [6.45, 7) is 31.7. The Morgan fingerprint density at radius 1 is 0.429 bits per heavy atom. The van der Waals surface area contributed by atoms with Gasteiger partial charge in [-0.25, -0.2) is 11.8 Å². The van der Waals surface area contributed by atoms with Crippen molar-refractivity contribution in [2.45, 2.75) is 112 Å². The second-order valence-electron chi connectivity index (χ2n) is 32.4. The van der Waals surface area contributed by atoms with Gasteiger partial charge in [-0.1, -0.05) is 323 Å². The molecule has 0 aliphatic carbocycles. The van der Waals surface area contributed by atoms with E-state index >= 15 is 0 Å². The Hall–Kier alpha value is -10.6. The van der Waals surface area contributed by atoms with Crippen LogP contribution in [0.2, 0.25) is 39.3 Å². The van der Waals surface area contributed by atoms with Crippen LogP contribution in [0, 0.1) is 17.5 Å². The fourth-order valence-electron chi connectivity index (χ4n) is 14.6. The van der Waals surface area contributed by atoms with Crippen molar-refractivity contribution in [2.24, 2.45) is 0 Å². The van der Waals surface area contributed by atoms with Gasteiger partial charge in [-0.15, -0.1) is 12.4 Å². The number of Topliss-reactive ketones (excluding diaryl/α,β-unsaturated/α-hetero) is 1. The van der Waals surface area contributed by atoms with Crippen molar-refractivity contribution in [3.63, 3.8) is 0 Å². The molecule has 6 aliphatic heterocycles. The van der Waals surface area contributed by atoms with Gasteiger partial charge in [0, 0.05) is 45.0 Å². The molecule has 6 heterocycles. The van der Waals surface area contributed by atoms with Gasteiger partial charge in [-0.3, -0.25) is 38.9 Å². The molecule has 5 N–H and O–H groups in total. The Balaban J connectivity index is 0.000000195. The second kappa shape index (κ2) is 46.6. The number of hydrogen-bond donors (Lipinski definition) is 5. The minimum Gasteiger partial charge on any atom is -0.433 e. The van der Waals surface area contributed by atoms with Crippen molar-refractivity contribution < 1.29 is 58.4 Å². The summed E-state index contributed by atoms with van der Waals surface area (Å²) in [4.78, 5) is 69.3. The van der Waals surface area contributed by atoms with E-state index in [9.17, 15) is 24.9 Å². The number of likely N-dealkylation sites (tertiary alicyclic amines) is 5. The number of ether oxygens (including phenoxy) is 1. The Kier molecular flexibility index (Phi) is 37.4. The highest BCUT2D eigenvalue weighted by Gasteiger charge is 2.56. The van der Waals surface area contributed by atoms with Gasteiger partial charge in [-0.05, 0) is 89.1 Å². The molecule has 6 saturated heterocycles. The zero-order valence-electron chi connectivity index (χ0n) is 69.0. The molecule has 0 atom stereocenters. The Morgan fingerprint density at radius 3 is 0.824 bits per heavy atom. The molecule has 16 rings (SSSR count). The van der Waals surface area contributed by atoms with E-state index in [2.05, 4.69) is 254 Å². The third-order valence-corrected chi connectivity index (χ3v) is 21.5. The maximum Gasteiger partial charge on any atom is 0.373 e. The summed E-state index contributed by atoms with van der Waals surface area (Å²) in [6.07, 6.45) is 0.333. The standard InChI is InChI=1S/C20H24N2OSi.C17H17NO3.C17H19NO.C16H17NO.C16H15NO.C4H9NO.C4H9NSi.2CO2.ClH/c1-21-20(23-24(2,3)4)15-22(16-20)19(17-11-7-5-8-12-17)18-13-9-6-10-14-18;19-13-21-17(20)11-18(12-17)16(14-7-3-1-4-8-14)15-9-5-2-6-10-15;1-17(19)12-18(13-17)16(14-8-4-2-5-9-14)15-10-6-3-7-11-15;2*18-15-11-17(12-15)16(13-7-3-1-4-8-13)14-9-5-2-6-10-14;1-4(6)2-5-3-4;1-6(2,3)4-5;2*2-1-3;/h5-14,19H,15-16H2,2-4H3;1-10,13,16,20H,11-12H2;2-11,16,19H,12-13H2,1H3;1-10,15-16,18H,11-12H2;1-10,16H,11-12H2;5-6H,2-3H2,1H3;1-3H3;;;1H. The van der Waals surface area contributed by atoms with Gasteiger partial charge in [0.1, 0.15) is 13.1 Å². The lowest BCUT2D eigenvalue weighted by Gasteiger charge is -2.48. The quantitative estimate of drug-likeness (QED) is 0.0218. The molecule has 23 heteroatoms. The highest BCUT2D eigenvalue weighted by molar-refractivity contribution is 6.83. The molecule has 6 fully saturated rings. The third-order valence-electron chi connectivity index (χ3n) is 19.8. The topological polar surface area (TPSA) is 258 Å². The van der Waals surface area contributed by atoms with Gasteiger partial charge < -0.3 is 34.9 Å². The summed E-state index contributed by atoms with van der Waals surface area (Å²) < 4.78 is 11.0. The van der Waals surface area contributed by atoms with Crippen LogP contribution >= 0.6 is 12.4 Å². The van der Waals surface area contributed by atoms with E-state index in [0.717, 1.165) is 50.4 Å². The summed E-state index contributed by atoms with van der Waals surface area (Å²) in [5, 5.41) is 49.5. The lowest BCUT2D eigenvalue weighted by atomic mass is 9.89. The second-order valence-corrected chi connectivity index (χ2v) is 41.6. The van der Waals surface area contributed by atoms with E-state index in [-0.39, 0.29) is 66.6 Å². The number of carbonyl (C=O) groups is 2. The number of carbonyl (C=O) groups excluding carboxylic acids is 6. The minimum absolute atomic E-state index is 0. The SMILES string of the molecule is CC1(O)CN(C(c2ccccc2)c2ccccc2)C1.CC1(O)CNC1.C[Si](C)(C)C#N.Cl.O=C1CN(C(c2ccccc2)c2ccccc2)C1.O=C=O.O=C=O.O=COC1(O)CN(C(c2ccccc2)c2ccccc2)C1.OC1CN(C(c2ccccc2)c2ccccc2)C1.[C-]#[N+]C1(O[Si](C)(C)C)CN(C(c2ccccc2)c2ccccc2)C1. The monoisotopic (exact) mass is 1660 g/mol. The number of aliphatic hydroxyl groups excluding tert-OH is 1. The number of nitrogens with zero attached hydrogens (tertiary/aromatic N) is 7. The number of aliphatic hydroxyl groups is 4. The average molecular weight is 1660 g/mol. The number of benzene rings is 10. The van der Waals surface area contributed by atoms with Crippen LogP contribution in [0.15, 0.2) is 303 Å². The van der Waals surface area contributed by atoms with Crippen LogP contribution in [0.3, 0.4) is 0 Å². The minimum atomic E-state index is -1.75. The highest BCUT2D eigenvalue weighted by Crippen LogP contribution is 2.42. The van der Waals surface area contributed by atoms with Gasteiger partial charge >= 0.3 is 18.0 Å². The Bertz CT molecular complexity index is 4530. The van der Waals surface area contributed by atoms with E-state index < -0.39 is 33.5 Å². The van der Waals surface area contributed by atoms with E-state index in [1.54, 1.807) is 0 Å². The van der Waals surface area contributed by atoms with Gasteiger partial charge in [0.15, 0.2) is 22.2 Å². The van der Waals surface area contributed by atoms with Crippen molar-refractivity contribution >= 4 is 53.4 Å². The van der Waals surface area contributed by atoms with Gasteiger partial charge in [0.2, 0.25) is 5.79 Å². The van der Waals surface area contributed by atoms with E-state index in [4.69, 9.17) is 45.3 Å². The molecule has 0 bridgehead atoms. The largest absolute Gasteiger partial charge is 0.433 e. The molecule has 622 valence electrons. The molecule has 0 aromatic heterocycles. The van der Waals surface area contributed by atoms with Crippen LogP contribution < -0.4 is 5.32 Å². The van der Waals surface area contributed by atoms with Crippen molar-refractivity contribution in [1.29, 1.82) is 5.26 Å². The number of nitrogens with one attached hydrogen (secondary N) is 1. The number of ketones is 1. The summed E-state index contributed by atoms with van der Waals surface area (Å²) >= 11 is 0. The molecule has 0 saturated carbocycles. The van der Waals surface area contributed by atoms with Crippen molar-refractivity contribution in [1.82, 2.24) is 29.8 Å². The van der Waals surface area contributed by atoms with Gasteiger partial charge in [0.05, 0.1) is 73.7 Å². The van der Waals surface area contributed by atoms with Crippen LogP contribution in [-0.4, -0.2) is 193 Å². The molecule has 20 nitrogen and oxygen atoms in total. The van der Waals surface area contributed by atoms with E-state index in [1.165, 1.54) is 44.5 Å². The van der Waals surface area contributed by atoms with Crippen LogP contribution in [0.25, 0.3) is 4.85 Å². The number of hydrogen-bond acceptors (Lipinski definition) is 19. The first-order chi connectivity index (χ1) is 56.6. The molecule has 0 spiro atoms. The summed E-state index contributed by atoms with van der Waals surface area (Å²) in [7, 11) is -3.07. The summed E-state index contributed by atoms with van der Waals surface area (Å²) in [6, 6.07) is 105. The predicted octanol–water partition coefficient (Wildman–Crippen LogP) is 14.5. The van der Waals surface area contributed by atoms with Gasteiger partial charge in [0.25, 0.3) is 6.47 Å². The smallest absolute Gasteiger partial charge is 0.373 e. The number of halogens is 1. The van der Waals surface area contributed by atoms with Crippen LogP contribution in [0.5, 0.6) is 0 Å². The summed E-state index contributed by atoms with van der Waals surface area (Å²) in [5.74, 6) is -1.03. The van der Waals surface area contributed by atoms with Crippen molar-refractivity contribution in [3.8, 4) is 5.69 Å². The first kappa shape index (κ1) is 95.5. The first-order valence-corrected chi connectivity index (χ1v) is 46.4. The van der Waals surface area contributed by atoms with Gasteiger partial charge in [-0.2, -0.15) is 19.2 Å². The first-order valence-electron chi connectivity index (χ1n) is 39.5. The lowest BCUT2D eigenvalue weighted by Crippen LogP contribution is -2.64. The Labute approximate surface area is 709 Å². The van der Waals surface area contributed by atoms with Crippen molar-refractivity contribution in [2.75, 3.05) is 78.5 Å². The predicted molar refractivity (Wildman–Crippen MR) is 469 cm³/mol. The summed E-state index contributed by atoms with van der Waals surface area (Å²) in [5.41, 5.74) is 13.1. The van der Waals surface area contributed by atoms with E-state index in [0.29, 0.717) is 51.5 Å². The zero-order chi connectivity index (χ0) is 85.2. The molecule has 0 radical (unpaired) electrons. The number of β-amino-alcohol motifs (C(OH)–C–C–N with tert-alkyl or cyclic N) is 4.